The average molecular weight is 562 g/mol. The largest absolute Gasteiger partial charge is 0.497 e. The number of methoxy groups -OCH3 is 1. The lowest BCUT2D eigenvalue weighted by atomic mass is 9.87. The summed E-state index contributed by atoms with van der Waals surface area (Å²) in [4.78, 5) is 32.6. The second-order valence-electron chi connectivity index (χ2n) is 9.33. The van der Waals surface area contributed by atoms with Gasteiger partial charge in [-0.3, -0.25) is 14.5 Å². The number of rotatable bonds is 9. The van der Waals surface area contributed by atoms with Crippen molar-refractivity contribution in [2.75, 3.05) is 12.0 Å². The molecule has 0 spiro atoms. The molecular weight excluding hydrogens is 534 g/mol. The Kier molecular flexibility index (Phi) is 8.46. The molecule has 4 rings (SSSR count). The van der Waals surface area contributed by atoms with Gasteiger partial charge in [-0.2, -0.15) is 8.78 Å². The molecular formula is C28H27F4N3O5. The summed E-state index contributed by atoms with van der Waals surface area (Å²) < 4.78 is 70.7. The number of carbonyl (C=O) groups is 2. The molecule has 1 aliphatic heterocycles. The van der Waals surface area contributed by atoms with Crippen LogP contribution in [-0.2, 0) is 4.79 Å². The Labute approximate surface area is 227 Å². The number of anilines is 1. The zero-order chi connectivity index (χ0) is 29.1. The summed E-state index contributed by atoms with van der Waals surface area (Å²) in [6, 6.07) is 7.68. The molecule has 0 radical (unpaired) electrons. The van der Waals surface area contributed by atoms with E-state index in [0.29, 0.717) is 0 Å². The van der Waals surface area contributed by atoms with E-state index in [1.54, 1.807) is 32.9 Å². The van der Waals surface area contributed by atoms with Crippen molar-refractivity contribution in [3.8, 4) is 17.2 Å². The minimum absolute atomic E-state index is 0.0108. The number of nitrogens with zero attached hydrogens (tertiary/aromatic N) is 2. The molecule has 2 heterocycles. The molecule has 0 bridgehead atoms. The smallest absolute Gasteiger partial charge is 0.387 e. The number of amides is 2. The number of hydrogen-bond donors (Lipinski definition) is 1. The van der Waals surface area contributed by atoms with Crippen molar-refractivity contribution in [2.45, 2.75) is 51.5 Å². The number of aromatic nitrogens is 1. The summed E-state index contributed by atoms with van der Waals surface area (Å²) in [5.74, 6) is -4.40. The number of pyridine rings is 1. The molecule has 0 saturated carbocycles. The normalized spacial score (nSPS) is 18.8. The summed E-state index contributed by atoms with van der Waals surface area (Å²) >= 11 is 0. The Morgan fingerprint density at radius 3 is 2.25 bits per heavy atom. The third kappa shape index (κ3) is 5.80. The van der Waals surface area contributed by atoms with Crippen molar-refractivity contribution < 1.29 is 41.4 Å². The van der Waals surface area contributed by atoms with Gasteiger partial charge in [-0.1, -0.05) is 0 Å². The van der Waals surface area contributed by atoms with Crippen LogP contribution in [0.15, 0.2) is 54.7 Å². The van der Waals surface area contributed by atoms with Crippen molar-refractivity contribution in [1.82, 2.24) is 10.3 Å². The van der Waals surface area contributed by atoms with Crippen LogP contribution in [0.25, 0.3) is 0 Å². The van der Waals surface area contributed by atoms with Crippen LogP contribution in [0.5, 0.6) is 17.2 Å². The van der Waals surface area contributed by atoms with Crippen LogP contribution < -0.4 is 24.4 Å². The van der Waals surface area contributed by atoms with Gasteiger partial charge in [0.25, 0.3) is 11.8 Å². The Morgan fingerprint density at radius 2 is 1.68 bits per heavy atom. The van der Waals surface area contributed by atoms with Crippen molar-refractivity contribution in [1.29, 1.82) is 0 Å². The van der Waals surface area contributed by atoms with Gasteiger partial charge in [-0.25, -0.2) is 13.8 Å². The molecule has 0 unspecified atom stereocenters. The summed E-state index contributed by atoms with van der Waals surface area (Å²) in [5.41, 5.74) is -0.408. The Balaban J connectivity index is 1.76. The molecule has 2 amide bonds. The predicted octanol–water partition coefficient (Wildman–Crippen LogP) is 5.07. The standard InChI is InChI=1S/C28H27F4N3O5/c1-14(2)39-21-6-5-11-33-25(21)35-15(3)22(23-19(29)12-18(38-4)13-20(23)30)24(27(35)37)34-26(36)16-7-9-17(10-8-16)40-28(31)32/h5-15,22,24,28H,1-4H3,(H,34,36)/t15-,22-,24-/m0/s1. The van der Waals surface area contributed by atoms with Crippen LogP contribution in [0.1, 0.15) is 42.6 Å². The molecule has 3 aromatic rings. The molecule has 3 atom stereocenters. The van der Waals surface area contributed by atoms with Crippen molar-refractivity contribution in [3.05, 3.63) is 77.5 Å². The van der Waals surface area contributed by atoms with Gasteiger partial charge in [0, 0.05) is 41.4 Å². The number of hydrogen-bond acceptors (Lipinski definition) is 6. The minimum Gasteiger partial charge on any atom is -0.497 e. The van der Waals surface area contributed by atoms with Crippen LogP contribution in [0.2, 0.25) is 0 Å². The lowest BCUT2D eigenvalue weighted by Crippen LogP contribution is -2.44. The second-order valence-corrected chi connectivity index (χ2v) is 9.33. The molecule has 1 aromatic heterocycles. The van der Waals surface area contributed by atoms with Gasteiger partial charge in [-0.15, -0.1) is 0 Å². The number of alkyl halides is 2. The van der Waals surface area contributed by atoms with Crippen molar-refractivity contribution in [2.24, 2.45) is 0 Å². The minimum atomic E-state index is -3.05. The summed E-state index contributed by atoms with van der Waals surface area (Å²) in [6.07, 6.45) is 1.18. The van der Waals surface area contributed by atoms with E-state index in [4.69, 9.17) is 9.47 Å². The molecule has 40 heavy (non-hydrogen) atoms. The van der Waals surface area contributed by atoms with Crippen LogP contribution in [0.3, 0.4) is 0 Å². The molecule has 2 aromatic carbocycles. The Morgan fingerprint density at radius 1 is 1.02 bits per heavy atom. The van der Waals surface area contributed by atoms with E-state index < -0.39 is 53.6 Å². The third-order valence-corrected chi connectivity index (χ3v) is 6.38. The summed E-state index contributed by atoms with van der Waals surface area (Å²) in [6.45, 7) is 2.12. The van der Waals surface area contributed by atoms with Crippen LogP contribution in [-0.4, -0.2) is 48.7 Å². The Bertz CT molecular complexity index is 1360. The maximum Gasteiger partial charge on any atom is 0.387 e. The first kappa shape index (κ1) is 28.7. The zero-order valence-corrected chi connectivity index (χ0v) is 22.0. The quantitative estimate of drug-likeness (QED) is 0.367. The highest BCUT2D eigenvalue weighted by atomic mass is 19.3. The van der Waals surface area contributed by atoms with Gasteiger partial charge < -0.3 is 19.5 Å². The van der Waals surface area contributed by atoms with Gasteiger partial charge in [-0.05, 0) is 57.2 Å². The molecule has 212 valence electrons. The van der Waals surface area contributed by atoms with E-state index in [2.05, 4.69) is 15.0 Å². The molecule has 1 saturated heterocycles. The predicted molar refractivity (Wildman–Crippen MR) is 137 cm³/mol. The molecule has 12 heteroatoms. The molecule has 1 fully saturated rings. The topological polar surface area (TPSA) is 90.0 Å². The number of benzene rings is 2. The van der Waals surface area contributed by atoms with E-state index in [0.717, 1.165) is 24.3 Å². The number of halogens is 4. The summed E-state index contributed by atoms with van der Waals surface area (Å²) in [5, 5.41) is 2.57. The van der Waals surface area contributed by atoms with Crippen LogP contribution in [0, 0.1) is 11.6 Å². The number of ether oxygens (including phenoxy) is 3. The highest BCUT2D eigenvalue weighted by Gasteiger charge is 2.51. The first-order valence-electron chi connectivity index (χ1n) is 12.3. The van der Waals surface area contributed by atoms with Crippen LogP contribution >= 0.6 is 0 Å². The van der Waals surface area contributed by atoms with Gasteiger partial charge in [0.1, 0.15) is 29.2 Å². The van der Waals surface area contributed by atoms with Gasteiger partial charge >= 0.3 is 6.61 Å². The first-order valence-corrected chi connectivity index (χ1v) is 12.3. The van der Waals surface area contributed by atoms with E-state index in [-0.39, 0.29) is 34.7 Å². The average Bonchev–Trinajstić information content (AvgIpc) is 3.12. The zero-order valence-electron chi connectivity index (χ0n) is 22.0. The molecule has 1 N–H and O–H groups in total. The molecule has 0 aliphatic carbocycles. The Hall–Kier alpha value is -4.35. The maximum absolute atomic E-state index is 15.3. The third-order valence-electron chi connectivity index (χ3n) is 6.38. The summed E-state index contributed by atoms with van der Waals surface area (Å²) in [7, 11) is 1.26. The first-order chi connectivity index (χ1) is 19.0. The van der Waals surface area contributed by atoms with Gasteiger partial charge in [0.2, 0.25) is 0 Å². The second kappa shape index (κ2) is 11.8. The van der Waals surface area contributed by atoms with Crippen molar-refractivity contribution >= 4 is 17.6 Å². The SMILES string of the molecule is COc1cc(F)c([C@H]2[C@H](NC(=O)c3ccc(OC(F)F)cc3)C(=O)N(c3ncccc3OC(C)C)[C@H]2C)c(F)c1. The van der Waals surface area contributed by atoms with Gasteiger partial charge in [0.05, 0.1) is 13.2 Å². The van der Waals surface area contributed by atoms with E-state index in [1.807, 2.05) is 0 Å². The number of nitrogens with one attached hydrogen (secondary N) is 1. The fourth-order valence-corrected chi connectivity index (χ4v) is 4.72. The fourth-order valence-electron chi connectivity index (χ4n) is 4.72. The highest BCUT2D eigenvalue weighted by Crippen LogP contribution is 2.42. The van der Waals surface area contributed by atoms with E-state index in [1.165, 1.54) is 30.3 Å². The lowest BCUT2D eigenvalue weighted by molar-refractivity contribution is -0.119. The fraction of sp³-hybridized carbons (Fsp3) is 0.321. The van der Waals surface area contributed by atoms with Gasteiger partial charge in [0.15, 0.2) is 11.6 Å². The highest BCUT2D eigenvalue weighted by molar-refractivity contribution is 6.05. The monoisotopic (exact) mass is 561 g/mol. The maximum atomic E-state index is 15.3. The molecule has 1 aliphatic rings. The van der Waals surface area contributed by atoms with Crippen molar-refractivity contribution in [3.63, 3.8) is 0 Å². The van der Waals surface area contributed by atoms with Crippen LogP contribution in [0.4, 0.5) is 23.4 Å². The van der Waals surface area contributed by atoms with E-state index in [9.17, 15) is 18.4 Å². The molecule has 8 nitrogen and oxygen atoms in total. The van der Waals surface area contributed by atoms with E-state index >= 15 is 8.78 Å². The lowest BCUT2D eigenvalue weighted by Gasteiger charge is -2.26. The number of carbonyl (C=O) groups excluding carboxylic acids is 2.